The summed E-state index contributed by atoms with van der Waals surface area (Å²) in [5.41, 5.74) is 4.42. The maximum Gasteiger partial charge on any atom is 0.278 e. The Labute approximate surface area is 203 Å². The van der Waals surface area contributed by atoms with E-state index in [1.165, 1.54) is 0 Å². The highest BCUT2D eigenvalue weighted by atomic mass is 32.2. The zero-order valence-electron chi connectivity index (χ0n) is 20.0. The molecule has 0 bridgehead atoms. The van der Waals surface area contributed by atoms with Crippen LogP contribution in [0.2, 0.25) is 0 Å². The number of benzene rings is 2. The van der Waals surface area contributed by atoms with E-state index < -0.39 is 10.8 Å². The highest BCUT2D eigenvalue weighted by Crippen LogP contribution is 2.27. The normalized spacial score (nSPS) is 11.7. The van der Waals surface area contributed by atoms with Crippen molar-refractivity contribution in [3.8, 4) is 11.3 Å². The number of aromatic amines is 1. The van der Waals surface area contributed by atoms with Gasteiger partial charge in [-0.25, -0.2) is 0 Å². The molecule has 1 aromatic heterocycles. The van der Waals surface area contributed by atoms with Gasteiger partial charge in [-0.2, -0.15) is 0 Å². The monoisotopic (exact) mass is 479 g/mol. The molecule has 0 aliphatic carbocycles. The zero-order valence-corrected chi connectivity index (χ0v) is 20.8. The van der Waals surface area contributed by atoms with Gasteiger partial charge in [-0.3, -0.25) is 19.4 Å². The smallest absolute Gasteiger partial charge is 0.278 e. The fourth-order valence-electron chi connectivity index (χ4n) is 3.38. The number of aromatic nitrogens is 3. The summed E-state index contributed by atoms with van der Waals surface area (Å²) in [5.74, 6) is -0.336. The quantitative estimate of drug-likeness (QED) is 0.406. The molecule has 0 aliphatic heterocycles. The number of carbonyl (C=O) groups excluding carboxylic acids is 2. The highest BCUT2D eigenvalue weighted by molar-refractivity contribution is 8.00. The number of carbonyl (C=O) groups is 2. The fraction of sp³-hybridized carbons (Fsp3) is 0.320. The fourth-order valence-corrected chi connectivity index (χ4v) is 4.22. The number of aryl methyl sites for hydroxylation is 3. The summed E-state index contributed by atoms with van der Waals surface area (Å²) in [6, 6.07) is 11.2. The van der Waals surface area contributed by atoms with Gasteiger partial charge >= 0.3 is 0 Å². The maximum absolute atomic E-state index is 12.9. The van der Waals surface area contributed by atoms with E-state index in [4.69, 9.17) is 0 Å². The Balaban J connectivity index is 1.82. The SMILES string of the molecule is CCC(=O)Nc1ccc(C)cc1-c1nnc(S[C@@H](CC)C(=O)Nc2ccc(C)cc2C)[nH]c1=O. The van der Waals surface area contributed by atoms with Crippen LogP contribution in [-0.4, -0.2) is 32.2 Å². The molecular weight excluding hydrogens is 450 g/mol. The van der Waals surface area contributed by atoms with Gasteiger partial charge in [0, 0.05) is 17.7 Å². The van der Waals surface area contributed by atoms with Crippen LogP contribution < -0.4 is 16.2 Å². The van der Waals surface area contributed by atoms with Crippen molar-refractivity contribution in [1.82, 2.24) is 15.2 Å². The molecule has 0 fully saturated rings. The lowest BCUT2D eigenvalue weighted by Gasteiger charge is -2.15. The average molecular weight is 480 g/mol. The first-order valence-electron chi connectivity index (χ1n) is 11.1. The van der Waals surface area contributed by atoms with E-state index in [0.29, 0.717) is 24.1 Å². The lowest BCUT2D eigenvalue weighted by Crippen LogP contribution is -2.26. The summed E-state index contributed by atoms with van der Waals surface area (Å²) in [6.45, 7) is 9.48. The second kappa shape index (κ2) is 11.1. The molecule has 0 saturated carbocycles. The van der Waals surface area contributed by atoms with Crippen LogP contribution in [0.25, 0.3) is 11.3 Å². The molecule has 9 heteroatoms. The van der Waals surface area contributed by atoms with Crippen molar-refractivity contribution in [3.63, 3.8) is 0 Å². The van der Waals surface area contributed by atoms with E-state index in [0.717, 1.165) is 34.1 Å². The summed E-state index contributed by atoms with van der Waals surface area (Å²) in [4.78, 5) is 40.4. The Morgan fingerprint density at radius 3 is 2.26 bits per heavy atom. The van der Waals surface area contributed by atoms with Crippen LogP contribution in [0.4, 0.5) is 11.4 Å². The molecule has 0 saturated heterocycles. The molecule has 1 heterocycles. The topological polar surface area (TPSA) is 117 Å². The minimum absolute atomic E-state index is 0.104. The molecule has 0 unspecified atom stereocenters. The third-order valence-corrected chi connectivity index (χ3v) is 6.50. The van der Waals surface area contributed by atoms with Crippen LogP contribution in [0, 0.1) is 20.8 Å². The highest BCUT2D eigenvalue weighted by Gasteiger charge is 2.21. The number of nitrogens with one attached hydrogen (secondary N) is 3. The van der Waals surface area contributed by atoms with Gasteiger partial charge in [0.25, 0.3) is 5.56 Å². The number of hydrogen-bond acceptors (Lipinski definition) is 6. The van der Waals surface area contributed by atoms with Crippen LogP contribution in [-0.2, 0) is 9.59 Å². The van der Waals surface area contributed by atoms with E-state index >= 15 is 0 Å². The second-order valence-corrected chi connectivity index (χ2v) is 9.27. The van der Waals surface area contributed by atoms with Gasteiger partial charge < -0.3 is 10.6 Å². The van der Waals surface area contributed by atoms with E-state index in [1.54, 1.807) is 19.1 Å². The molecule has 0 radical (unpaired) electrons. The molecule has 3 rings (SSSR count). The predicted molar refractivity (Wildman–Crippen MR) is 136 cm³/mol. The van der Waals surface area contributed by atoms with Crippen molar-refractivity contribution >= 4 is 35.0 Å². The summed E-state index contributed by atoms with van der Waals surface area (Å²) in [7, 11) is 0. The Kier molecular flexibility index (Phi) is 8.22. The molecule has 34 heavy (non-hydrogen) atoms. The average Bonchev–Trinajstić information content (AvgIpc) is 2.80. The summed E-state index contributed by atoms with van der Waals surface area (Å²) in [5, 5.41) is 13.8. The molecule has 0 aliphatic rings. The number of anilines is 2. The molecule has 3 N–H and O–H groups in total. The number of hydrogen-bond donors (Lipinski definition) is 3. The Morgan fingerprint density at radius 2 is 1.65 bits per heavy atom. The minimum Gasteiger partial charge on any atom is -0.325 e. The molecule has 3 aromatic rings. The van der Waals surface area contributed by atoms with Crippen LogP contribution >= 0.6 is 11.8 Å². The number of H-pyrrole nitrogens is 1. The molecule has 0 spiro atoms. The van der Waals surface area contributed by atoms with Gasteiger partial charge in [0.2, 0.25) is 11.8 Å². The van der Waals surface area contributed by atoms with Crippen molar-refractivity contribution in [1.29, 1.82) is 0 Å². The van der Waals surface area contributed by atoms with Crippen molar-refractivity contribution in [3.05, 3.63) is 63.4 Å². The van der Waals surface area contributed by atoms with Crippen LogP contribution in [0.15, 0.2) is 46.3 Å². The third kappa shape index (κ3) is 6.11. The lowest BCUT2D eigenvalue weighted by atomic mass is 10.1. The van der Waals surface area contributed by atoms with Gasteiger partial charge in [-0.1, -0.05) is 54.9 Å². The molecular formula is C25H29N5O3S. The maximum atomic E-state index is 12.9. The number of nitrogens with zero attached hydrogens (tertiary/aromatic N) is 2. The van der Waals surface area contributed by atoms with Gasteiger partial charge in [0.15, 0.2) is 10.9 Å². The molecule has 178 valence electrons. The van der Waals surface area contributed by atoms with Crippen molar-refractivity contribution in [2.24, 2.45) is 0 Å². The van der Waals surface area contributed by atoms with Gasteiger partial charge in [0.05, 0.1) is 10.9 Å². The van der Waals surface area contributed by atoms with E-state index in [9.17, 15) is 14.4 Å². The number of amides is 2. The van der Waals surface area contributed by atoms with Gasteiger partial charge in [0.1, 0.15) is 0 Å². The first-order valence-corrected chi connectivity index (χ1v) is 12.0. The number of thioether (sulfide) groups is 1. The third-order valence-electron chi connectivity index (χ3n) is 5.26. The number of rotatable bonds is 8. The largest absolute Gasteiger partial charge is 0.325 e. The second-order valence-electron chi connectivity index (χ2n) is 8.08. The lowest BCUT2D eigenvalue weighted by molar-refractivity contribution is -0.116. The van der Waals surface area contributed by atoms with Crippen molar-refractivity contribution in [2.75, 3.05) is 10.6 Å². The van der Waals surface area contributed by atoms with Crippen molar-refractivity contribution < 1.29 is 9.59 Å². The molecule has 2 amide bonds. The summed E-state index contributed by atoms with van der Waals surface area (Å²) >= 11 is 1.15. The Morgan fingerprint density at radius 1 is 0.971 bits per heavy atom. The van der Waals surface area contributed by atoms with E-state index in [-0.39, 0.29) is 22.7 Å². The Hall–Kier alpha value is -3.46. The Bertz CT molecular complexity index is 1270. The van der Waals surface area contributed by atoms with Crippen LogP contribution in [0.1, 0.15) is 43.4 Å². The predicted octanol–water partition coefficient (Wildman–Crippen LogP) is 4.62. The standard InChI is InChI=1S/C25H29N5O3S/c1-6-20(23(32)27-18-10-8-14(3)12-16(18)5)34-25-28-24(33)22(29-30-25)17-13-15(4)9-11-19(17)26-21(31)7-2/h8-13,20H,6-7H2,1-5H3,(H,26,31)(H,27,32)(H,28,30,33)/t20-/m0/s1. The summed E-state index contributed by atoms with van der Waals surface area (Å²) < 4.78 is 0. The first kappa shape index (κ1) is 25.2. The minimum atomic E-state index is -0.463. The first-order chi connectivity index (χ1) is 16.2. The van der Waals surface area contributed by atoms with Gasteiger partial charge in [-0.05, 0) is 51.0 Å². The van der Waals surface area contributed by atoms with E-state index in [2.05, 4.69) is 25.8 Å². The van der Waals surface area contributed by atoms with Crippen LogP contribution in [0.5, 0.6) is 0 Å². The molecule has 8 nitrogen and oxygen atoms in total. The van der Waals surface area contributed by atoms with Gasteiger partial charge in [-0.15, -0.1) is 10.2 Å². The molecule has 1 atom stereocenters. The van der Waals surface area contributed by atoms with E-state index in [1.807, 2.05) is 52.0 Å². The zero-order chi connectivity index (χ0) is 24.8. The molecule has 2 aromatic carbocycles. The van der Waals surface area contributed by atoms with Crippen molar-refractivity contribution in [2.45, 2.75) is 57.9 Å². The summed E-state index contributed by atoms with van der Waals surface area (Å²) in [6.07, 6.45) is 0.853. The van der Waals surface area contributed by atoms with Crippen LogP contribution in [0.3, 0.4) is 0 Å².